The lowest BCUT2D eigenvalue weighted by Gasteiger charge is -2.36. The summed E-state index contributed by atoms with van der Waals surface area (Å²) >= 11 is 1.74. The molecule has 8 heteroatoms. The average Bonchev–Trinajstić information content (AvgIpc) is 3.20. The maximum absolute atomic E-state index is 12.6. The summed E-state index contributed by atoms with van der Waals surface area (Å²) in [5.74, 6) is -0.0575. The molecule has 1 N–H and O–H groups in total. The zero-order valence-corrected chi connectivity index (χ0v) is 18.9. The molecule has 2 fully saturated rings. The number of thiazole rings is 1. The van der Waals surface area contributed by atoms with Crippen LogP contribution < -0.4 is 15.1 Å². The quantitative estimate of drug-likeness (QED) is 0.724. The zero-order valence-electron chi connectivity index (χ0n) is 18.1. The van der Waals surface area contributed by atoms with Gasteiger partial charge in [-0.2, -0.15) is 5.26 Å². The Morgan fingerprint density at radius 1 is 1.23 bits per heavy atom. The molecule has 31 heavy (non-hydrogen) atoms. The van der Waals surface area contributed by atoms with E-state index in [0.717, 1.165) is 79.7 Å². The van der Waals surface area contributed by atoms with Crippen LogP contribution in [0.2, 0.25) is 0 Å². The lowest BCUT2D eigenvalue weighted by molar-refractivity contribution is -0.122. The van der Waals surface area contributed by atoms with Gasteiger partial charge in [0.05, 0.1) is 10.9 Å². The summed E-state index contributed by atoms with van der Waals surface area (Å²) in [5.41, 5.74) is 2.19. The van der Waals surface area contributed by atoms with Gasteiger partial charge in [-0.1, -0.05) is 23.5 Å². The van der Waals surface area contributed by atoms with Crippen LogP contribution >= 0.6 is 11.3 Å². The fraction of sp³-hybridized carbons (Fsp3) is 0.522. The lowest BCUT2D eigenvalue weighted by atomic mass is 10.00. The van der Waals surface area contributed by atoms with E-state index in [4.69, 9.17) is 10.2 Å². The predicted molar refractivity (Wildman–Crippen MR) is 125 cm³/mol. The van der Waals surface area contributed by atoms with E-state index < -0.39 is 0 Å². The molecule has 7 nitrogen and oxygen atoms in total. The van der Waals surface area contributed by atoms with Crippen LogP contribution in [0.15, 0.2) is 30.5 Å². The van der Waals surface area contributed by atoms with Gasteiger partial charge in [-0.25, -0.2) is 4.98 Å². The average molecular weight is 439 g/mol. The van der Waals surface area contributed by atoms with Crippen molar-refractivity contribution in [1.29, 1.82) is 5.26 Å². The van der Waals surface area contributed by atoms with Crippen molar-refractivity contribution < 1.29 is 4.79 Å². The molecule has 164 valence electrons. The van der Waals surface area contributed by atoms with Gasteiger partial charge in [-0.3, -0.25) is 4.79 Å². The van der Waals surface area contributed by atoms with Crippen LogP contribution in [0.4, 0.5) is 10.8 Å². The molecule has 3 heterocycles. The van der Waals surface area contributed by atoms with E-state index in [1.807, 2.05) is 12.3 Å². The number of benzene rings is 1. The van der Waals surface area contributed by atoms with Crippen molar-refractivity contribution in [2.24, 2.45) is 0 Å². The number of rotatable bonds is 5. The Hall–Kier alpha value is -2.63. The van der Waals surface area contributed by atoms with E-state index in [9.17, 15) is 4.79 Å². The first-order valence-electron chi connectivity index (χ1n) is 11.1. The molecule has 1 atom stereocenters. The molecule has 2 aromatic rings. The number of nitrogens with one attached hydrogen (secondary N) is 1. The number of nitriles is 1. The molecule has 1 aromatic heterocycles. The van der Waals surface area contributed by atoms with Crippen LogP contribution in [0.25, 0.3) is 10.4 Å². The van der Waals surface area contributed by atoms with E-state index >= 15 is 0 Å². The third kappa shape index (κ3) is 5.17. The number of hydrogen-bond donors (Lipinski definition) is 1. The Kier molecular flexibility index (Phi) is 7.05. The van der Waals surface area contributed by atoms with Gasteiger partial charge in [-0.05, 0) is 57.0 Å². The molecule has 0 radical (unpaired) electrons. The summed E-state index contributed by atoms with van der Waals surface area (Å²) in [7, 11) is 2.18. The van der Waals surface area contributed by atoms with Crippen LogP contribution in [0, 0.1) is 11.3 Å². The molecule has 0 aliphatic carbocycles. The number of hydrogen-bond acceptors (Lipinski definition) is 7. The molecule has 2 saturated heterocycles. The second kappa shape index (κ2) is 10.1. The number of carbonyl (C=O) groups is 1. The van der Waals surface area contributed by atoms with E-state index in [1.54, 1.807) is 11.3 Å². The second-order valence-corrected chi connectivity index (χ2v) is 9.29. The van der Waals surface area contributed by atoms with Gasteiger partial charge in [0.2, 0.25) is 5.91 Å². The number of amides is 1. The summed E-state index contributed by atoms with van der Waals surface area (Å²) < 4.78 is 0. The van der Waals surface area contributed by atoms with E-state index in [2.05, 4.69) is 51.3 Å². The van der Waals surface area contributed by atoms with Gasteiger partial charge in [0.1, 0.15) is 12.6 Å². The minimum atomic E-state index is -0.219. The Morgan fingerprint density at radius 2 is 2.13 bits per heavy atom. The van der Waals surface area contributed by atoms with Crippen LogP contribution in [-0.2, 0) is 4.79 Å². The van der Waals surface area contributed by atoms with Crippen molar-refractivity contribution in [2.45, 2.75) is 31.7 Å². The first-order chi connectivity index (χ1) is 15.2. The maximum Gasteiger partial charge on any atom is 0.243 e. The highest BCUT2D eigenvalue weighted by atomic mass is 32.1. The fourth-order valence-electron chi connectivity index (χ4n) is 4.38. The van der Waals surface area contributed by atoms with Crippen LogP contribution in [0.1, 0.15) is 25.7 Å². The standard InChI is InChI=1S/C23H30N6OS/c1-27-11-5-12-28(15-14-27)23-26-17-21(31-23)18-6-4-7-19(16-18)29-13-3-2-8-20(29)22(30)25-10-9-24/h4,6-7,16-17,20H,2-3,5,8,10-15H2,1H3,(H,25,30). The molecule has 0 spiro atoms. The van der Waals surface area contributed by atoms with Crippen molar-refractivity contribution in [2.75, 3.05) is 56.1 Å². The fourth-order valence-corrected chi connectivity index (χ4v) is 5.34. The maximum atomic E-state index is 12.6. The highest BCUT2D eigenvalue weighted by Gasteiger charge is 2.29. The summed E-state index contributed by atoms with van der Waals surface area (Å²) in [6.45, 7) is 5.16. The molecule has 4 rings (SSSR count). The Morgan fingerprint density at radius 3 is 3.00 bits per heavy atom. The monoisotopic (exact) mass is 438 g/mol. The number of nitrogens with zero attached hydrogens (tertiary/aromatic N) is 5. The van der Waals surface area contributed by atoms with Crippen LogP contribution in [0.3, 0.4) is 0 Å². The Balaban J connectivity index is 1.52. The minimum absolute atomic E-state index is 0.0547. The van der Waals surface area contributed by atoms with Crippen molar-refractivity contribution >= 4 is 28.1 Å². The summed E-state index contributed by atoms with van der Waals surface area (Å²) in [4.78, 5) is 25.4. The third-order valence-corrected chi connectivity index (χ3v) is 7.20. The summed E-state index contributed by atoms with van der Waals surface area (Å²) in [6.07, 6.45) is 6.05. The van der Waals surface area contributed by atoms with Crippen molar-refractivity contribution in [3.8, 4) is 16.5 Å². The van der Waals surface area contributed by atoms with Gasteiger partial charge in [0, 0.05) is 38.1 Å². The van der Waals surface area contributed by atoms with Crippen molar-refractivity contribution in [3.63, 3.8) is 0 Å². The number of anilines is 2. The van der Waals surface area contributed by atoms with Gasteiger partial charge in [0.15, 0.2) is 5.13 Å². The van der Waals surface area contributed by atoms with Crippen LogP contribution in [0.5, 0.6) is 0 Å². The number of aromatic nitrogens is 1. The lowest BCUT2D eigenvalue weighted by Crippen LogP contribution is -2.49. The first kappa shape index (κ1) is 21.6. The van der Waals surface area contributed by atoms with Gasteiger partial charge in [0.25, 0.3) is 0 Å². The Labute approximate surface area is 188 Å². The van der Waals surface area contributed by atoms with E-state index in [0.29, 0.717) is 0 Å². The summed E-state index contributed by atoms with van der Waals surface area (Å²) in [6, 6.07) is 10.2. The topological polar surface area (TPSA) is 75.5 Å². The van der Waals surface area contributed by atoms with Gasteiger partial charge >= 0.3 is 0 Å². The van der Waals surface area contributed by atoms with E-state index in [1.165, 1.54) is 0 Å². The predicted octanol–water partition coefficient (Wildman–Crippen LogP) is 2.95. The first-order valence-corrected chi connectivity index (χ1v) is 11.9. The molecular formula is C23H30N6OS. The largest absolute Gasteiger partial charge is 0.360 e. The molecule has 1 aromatic carbocycles. The number of carbonyl (C=O) groups excluding carboxylic acids is 1. The molecular weight excluding hydrogens is 408 g/mol. The third-order valence-electron chi connectivity index (χ3n) is 6.09. The molecule has 2 aliphatic rings. The molecule has 1 amide bonds. The van der Waals surface area contributed by atoms with Crippen molar-refractivity contribution in [3.05, 3.63) is 30.5 Å². The molecule has 2 aliphatic heterocycles. The smallest absolute Gasteiger partial charge is 0.243 e. The molecule has 0 saturated carbocycles. The normalized spacial score (nSPS) is 20.2. The number of piperidine rings is 1. The Bertz CT molecular complexity index is 938. The highest BCUT2D eigenvalue weighted by Crippen LogP contribution is 2.34. The zero-order chi connectivity index (χ0) is 21.6. The second-order valence-electron chi connectivity index (χ2n) is 8.28. The van der Waals surface area contributed by atoms with Gasteiger partial charge in [-0.15, -0.1) is 0 Å². The summed E-state index contributed by atoms with van der Waals surface area (Å²) in [5, 5.41) is 12.6. The minimum Gasteiger partial charge on any atom is -0.360 e. The highest BCUT2D eigenvalue weighted by molar-refractivity contribution is 7.18. The SMILES string of the molecule is CN1CCCN(c2ncc(-c3cccc(N4CCCCC4C(=O)NCC#N)c3)s2)CC1. The van der Waals surface area contributed by atoms with Crippen molar-refractivity contribution in [1.82, 2.24) is 15.2 Å². The van der Waals surface area contributed by atoms with E-state index in [-0.39, 0.29) is 18.5 Å². The van der Waals surface area contributed by atoms with Gasteiger partial charge < -0.3 is 20.0 Å². The number of likely N-dealkylation sites (N-methyl/N-ethyl adjacent to an activating group) is 1. The molecule has 1 unspecified atom stereocenters. The van der Waals surface area contributed by atoms with Crippen LogP contribution in [-0.4, -0.2) is 68.1 Å². The molecule has 0 bridgehead atoms.